The van der Waals surface area contributed by atoms with Crippen LogP contribution in [-0.4, -0.2) is 59.9 Å². The molecular weight excluding hydrogens is 733 g/mol. The smallest absolute Gasteiger partial charge is 0.472 e. The minimum atomic E-state index is -4.71. The summed E-state index contributed by atoms with van der Waals surface area (Å²) in [5.74, 6) is -2.37. The van der Waals surface area contributed by atoms with E-state index in [9.17, 15) is 23.8 Å². The van der Waals surface area contributed by atoms with Crippen LogP contribution in [0, 0.1) is 0 Å². The third kappa shape index (κ3) is 38.8. The van der Waals surface area contributed by atoms with Gasteiger partial charge >= 0.3 is 25.7 Å². The maximum atomic E-state index is 12.6. The van der Waals surface area contributed by atoms with Crippen LogP contribution in [0.4, 0.5) is 0 Å². The third-order valence-electron chi connectivity index (χ3n) is 9.70. The van der Waals surface area contributed by atoms with Crippen molar-refractivity contribution < 1.29 is 47.5 Å². The highest BCUT2D eigenvalue weighted by Crippen LogP contribution is 2.43. The first kappa shape index (κ1) is 54.0. The minimum Gasteiger partial charge on any atom is -0.480 e. The molecule has 0 aliphatic heterocycles. The van der Waals surface area contributed by atoms with E-state index in [2.05, 4.69) is 42.7 Å². The molecule has 0 bridgehead atoms. The van der Waals surface area contributed by atoms with Gasteiger partial charge in [-0.05, 0) is 44.9 Å². The highest BCUT2D eigenvalue weighted by atomic mass is 31.2. The van der Waals surface area contributed by atoms with Crippen LogP contribution in [-0.2, 0) is 37.5 Å². The molecule has 0 aromatic carbocycles. The zero-order valence-corrected chi connectivity index (χ0v) is 36.4. The van der Waals surface area contributed by atoms with Gasteiger partial charge in [-0.2, -0.15) is 0 Å². The van der Waals surface area contributed by atoms with Crippen molar-refractivity contribution in [3.8, 4) is 0 Å². The Labute approximate surface area is 340 Å². The molecule has 0 aromatic rings. The molecule has 3 atom stereocenters. The highest BCUT2D eigenvalue weighted by Gasteiger charge is 2.28. The number of unbranched alkanes of at least 4 members (excludes halogenated alkanes) is 24. The van der Waals surface area contributed by atoms with E-state index in [1.807, 2.05) is 0 Å². The van der Waals surface area contributed by atoms with E-state index in [1.54, 1.807) is 0 Å². The van der Waals surface area contributed by atoms with Crippen LogP contribution < -0.4 is 5.73 Å². The number of rotatable bonds is 42. The molecular formula is C44H82NO10P. The van der Waals surface area contributed by atoms with Gasteiger partial charge in [0, 0.05) is 12.8 Å². The molecule has 4 N–H and O–H groups in total. The van der Waals surface area contributed by atoms with Crippen LogP contribution in [0.2, 0.25) is 0 Å². The van der Waals surface area contributed by atoms with Gasteiger partial charge in [-0.15, -0.1) is 0 Å². The second-order valence-electron chi connectivity index (χ2n) is 15.2. The molecule has 1 unspecified atom stereocenters. The molecule has 0 fully saturated rings. The molecule has 0 aliphatic rings. The van der Waals surface area contributed by atoms with Gasteiger partial charge in [0.05, 0.1) is 13.2 Å². The summed E-state index contributed by atoms with van der Waals surface area (Å²) >= 11 is 0. The first-order valence-electron chi connectivity index (χ1n) is 22.4. The minimum absolute atomic E-state index is 0.164. The number of phosphoric acid groups is 1. The second-order valence-corrected chi connectivity index (χ2v) is 16.6. The molecule has 0 aliphatic carbocycles. The Balaban J connectivity index is 4.30. The predicted molar refractivity (Wildman–Crippen MR) is 226 cm³/mol. The standard InChI is InChI=1S/C44H82NO10P/c1-3-5-7-9-11-13-15-17-18-19-20-21-22-24-25-27-29-31-33-35-42(46)52-37-40(38-53-56(50,51)54-39-41(45)44(48)49)55-43(47)36-34-32-30-28-26-23-16-14-12-10-8-6-4-2/h11,13,17-18,40-41H,3-10,12,14-16,19-39,45H2,1-2H3,(H,48,49)(H,50,51)/b13-11-,18-17-/t40-,41+/m1/s1. The topological polar surface area (TPSA) is 172 Å². The summed E-state index contributed by atoms with van der Waals surface area (Å²) in [7, 11) is -4.71. The number of allylic oxidation sites excluding steroid dienone is 4. The number of carbonyl (C=O) groups is 3. The zero-order valence-electron chi connectivity index (χ0n) is 35.5. The lowest BCUT2D eigenvalue weighted by molar-refractivity contribution is -0.161. The first-order chi connectivity index (χ1) is 27.1. The number of carbonyl (C=O) groups excluding carboxylic acids is 2. The van der Waals surface area contributed by atoms with Crippen LogP contribution in [0.1, 0.15) is 206 Å². The van der Waals surface area contributed by atoms with Crippen molar-refractivity contribution >= 4 is 25.7 Å². The van der Waals surface area contributed by atoms with Gasteiger partial charge in [-0.25, -0.2) is 4.57 Å². The molecule has 0 heterocycles. The van der Waals surface area contributed by atoms with E-state index in [-0.39, 0.29) is 19.4 Å². The monoisotopic (exact) mass is 816 g/mol. The molecule has 0 amide bonds. The summed E-state index contributed by atoms with van der Waals surface area (Å²) < 4.78 is 32.7. The lowest BCUT2D eigenvalue weighted by Crippen LogP contribution is -2.34. The largest absolute Gasteiger partial charge is 0.480 e. The molecule has 0 saturated carbocycles. The maximum absolute atomic E-state index is 12.6. The van der Waals surface area contributed by atoms with Crippen molar-refractivity contribution in [3.63, 3.8) is 0 Å². The lowest BCUT2D eigenvalue weighted by atomic mass is 10.0. The maximum Gasteiger partial charge on any atom is 0.472 e. The van der Waals surface area contributed by atoms with Gasteiger partial charge in [0.25, 0.3) is 0 Å². The molecule has 0 saturated heterocycles. The summed E-state index contributed by atoms with van der Waals surface area (Å²) in [5, 5.41) is 8.89. The first-order valence-corrected chi connectivity index (χ1v) is 23.9. The van der Waals surface area contributed by atoms with Crippen molar-refractivity contribution in [1.82, 2.24) is 0 Å². The number of nitrogens with two attached hydrogens (primary N) is 1. The van der Waals surface area contributed by atoms with Crippen LogP contribution in [0.15, 0.2) is 24.3 Å². The number of carboxylic acid groups (broad SMARTS) is 1. The van der Waals surface area contributed by atoms with Crippen molar-refractivity contribution in [2.75, 3.05) is 19.8 Å². The quantitative estimate of drug-likeness (QED) is 0.0232. The summed E-state index contributed by atoms with van der Waals surface area (Å²) in [6.45, 7) is 2.79. The highest BCUT2D eigenvalue weighted by molar-refractivity contribution is 7.47. The van der Waals surface area contributed by atoms with Crippen LogP contribution in [0.3, 0.4) is 0 Å². The molecule has 0 radical (unpaired) electrons. The molecule has 11 nitrogen and oxygen atoms in total. The molecule has 0 spiro atoms. The predicted octanol–water partition coefficient (Wildman–Crippen LogP) is 11.8. The van der Waals surface area contributed by atoms with Gasteiger partial charge < -0.3 is 25.2 Å². The number of carboxylic acids is 1. The van der Waals surface area contributed by atoms with E-state index < -0.39 is 51.1 Å². The average Bonchev–Trinajstić information content (AvgIpc) is 3.17. The fourth-order valence-electron chi connectivity index (χ4n) is 6.15. The van der Waals surface area contributed by atoms with Gasteiger partial charge in [-0.1, -0.05) is 173 Å². The number of ether oxygens (including phenoxy) is 2. The van der Waals surface area contributed by atoms with E-state index in [0.717, 1.165) is 51.4 Å². The van der Waals surface area contributed by atoms with E-state index >= 15 is 0 Å². The third-order valence-corrected chi connectivity index (χ3v) is 10.7. The number of hydrogen-bond donors (Lipinski definition) is 3. The van der Waals surface area contributed by atoms with Gasteiger partial charge in [-0.3, -0.25) is 23.4 Å². The lowest BCUT2D eigenvalue weighted by Gasteiger charge is -2.20. The molecule has 12 heteroatoms. The Morgan fingerprint density at radius 3 is 1.43 bits per heavy atom. The fraction of sp³-hybridized carbons (Fsp3) is 0.841. The Bertz CT molecular complexity index is 1050. The number of phosphoric ester groups is 1. The summed E-state index contributed by atoms with van der Waals surface area (Å²) in [6.07, 6.45) is 40.9. The molecule has 56 heavy (non-hydrogen) atoms. The van der Waals surface area contributed by atoms with E-state index in [0.29, 0.717) is 12.8 Å². The van der Waals surface area contributed by atoms with E-state index in [4.69, 9.17) is 24.8 Å². The van der Waals surface area contributed by atoms with Crippen molar-refractivity contribution in [1.29, 1.82) is 0 Å². The van der Waals surface area contributed by atoms with Crippen molar-refractivity contribution in [3.05, 3.63) is 24.3 Å². The molecule has 0 aromatic heterocycles. The Morgan fingerprint density at radius 1 is 0.554 bits per heavy atom. The Morgan fingerprint density at radius 2 is 0.946 bits per heavy atom. The zero-order chi connectivity index (χ0) is 41.4. The van der Waals surface area contributed by atoms with Crippen LogP contribution in [0.25, 0.3) is 0 Å². The van der Waals surface area contributed by atoms with Crippen molar-refractivity contribution in [2.45, 2.75) is 219 Å². The molecule has 328 valence electrons. The van der Waals surface area contributed by atoms with Gasteiger partial charge in [0.15, 0.2) is 6.10 Å². The Hall–Kier alpha value is -2.04. The summed E-state index contributed by atoms with van der Waals surface area (Å²) in [5.41, 5.74) is 5.33. The second kappa shape index (κ2) is 39.8. The summed E-state index contributed by atoms with van der Waals surface area (Å²) in [4.78, 5) is 45.9. The number of hydrogen-bond acceptors (Lipinski definition) is 9. The van der Waals surface area contributed by atoms with E-state index in [1.165, 1.54) is 116 Å². The van der Waals surface area contributed by atoms with Gasteiger partial charge in [0.1, 0.15) is 12.6 Å². The van der Waals surface area contributed by atoms with Gasteiger partial charge in [0.2, 0.25) is 0 Å². The number of aliphatic carboxylic acids is 1. The Kier molecular flexibility index (Phi) is 38.3. The fourth-order valence-corrected chi connectivity index (χ4v) is 6.93. The van der Waals surface area contributed by atoms with Crippen molar-refractivity contribution in [2.24, 2.45) is 5.73 Å². The average molecular weight is 816 g/mol. The molecule has 0 rings (SSSR count). The number of esters is 2. The summed E-state index contributed by atoms with van der Waals surface area (Å²) in [6, 6.07) is -1.52. The van der Waals surface area contributed by atoms with Crippen LogP contribution >= 0.6 is 7.82 Å². The van der Waals surface area contributed by atoms with Crippen LogP contribution in [0.5, 0.6) is 0 Å². The SMILES string of the molecule is CCCCC/C=C\C/C=C\CCCCCCCCCCCC(=O)OC[C@H](COP(=O)(O)OC[C@H](N)C(=O)O)OC(=O)CCCCCCCCCCCCCCC. The normalized spacial score (nSPS) is 13.9.